The molecule has 1 aromatic carbocycles. The topological polar surface area (TPSA) is 46.3 Å². The van der Waals surface area contributed by atoms with Gasteiger partial charge in [0, 0.05) is 23.7 Å². The highest BCUT2D eigenvalue weighted by atomic mass is 35.5. The van der Waals surface area contributed by atoms with Gasteiger partial charge in [0.15, 0.2) is 0 Å². The summed E-state index contributed by atoms with van der Waals surface area (Å²) < 4.78 is 0. The van der Waals surface area contributed by atoms with Crippen molar-refractivity contribution in [1.29, 1.82) is 0 Å². The van der Waals surface area contributed by atoms with E-state index < -0.39 is 0 Å². The fourth-order valence-corrected chi connectivity index (χ4v) is 2.87. The first-order valence-corrected chi connectivity index (χ1v) is 7.80. The molecule has 1 unspecified atom stereocenters. The SMILES string of the molecule is CC1CCCCCN1C(=O)c1ccc(C#CCN)c(Cl)c1. The maximum atomic E-state index is 12.7. The second-order valence-corrected chi connectivity index (χ2v) is 5.80. The van der Waals surface area contributed by atoms with Crippen molar-refractivity contribution in [2.24, 2.45) is 5.73 Å². The number of benzene rings is 1. The first-order chi connectivity index (χ1) is 10.1. The molecule has 0 saturated carbocycles. The van der Waals surface area contributed by atoms with Gasteiger partial charge in [-0.15, -0.1) is 0 Å². The Morgan fingerprint density at radius 1 is 1.43 bits per heavy atom. The molecule has 1 heterocycles. The predicted molar refractivity (Wildman–Crippen MR) is 86.4 cm³/mol. The summed E-state index contributed by atoms with van der Waals surface area (Å²) in [5.41, 5.74) is 6.70. The van der Waals surface area contributed by atoms with Gasteiger partial charge < -0.3 is 10.6 Å². The zero-order valence-electron chi connectivity index (χ0n) is 12.4. The normalized spacial score (nSPS) is 18.6. The summed E-state index contributed by atoms with van der Waals surface area (Å²) in [5, 5.41) is 0.504. The van der Waals surface area contributed by atoms with Gasteiger partial charge in [0.25, 0.3) is 5.91 Å². The van der Waals surface area contributed by atoms with Gasteiger partial charge in [-0.1, -0.05) is 36.3 Å². The molecule has 0 radical (unpaired) electrons. The average Bonchev–Trinajstić information content (AvgIpc) is 2.70. The molecule has 1 amide bonds. The maximum absolute atomic E-state index is 12.7. The Balaban J connectivity index is 2.20. The van der Waals surface area contributed by atoms with Gasteiger partial charge in [-0.2, -0.15) is 0 Å². The molecule has 2 N–H and O–H groups in total. The molecular formula is C17H21ClN2O. The minimum Gasteiger partial charge on any atom is -0.336 e. The molecule has 0 spiro atoms. The van der Waals surface area contributed by atoms with E-state index in [1.807, 2.05) is 4.90 Å². The lowest BCUT2D eigenvalue weighted by Crippen LogP contribution is -2.38. The van der Waals surface area contributed by atoms with Gasteiger partial charge >= 0.3 is 0 Å². The van der Waals surface area contributed by atoms with Crippen molar-refractivity contribution < 1.29 is 4.79 Å². The van der Waals surface area contributed by atoms with Crippen LogP contribution in [0.25, 0.3) is 0 Å². The van der Waals surface area contributed by atoms with E-state index in [1.54, 1.807) is 18.2 Å². The standard InChI is InChI=1S/C17H21ClN2O/c1-13-6-3-2-4-11-20(13)17(21)15-9-8-14(7-5-10-19)16(18)12-15/h8-9,12-13H,2-4,6,10-11,19H2,1H3. The molecule has 0 aromatic heterocycles. The number of hydrogen-bond donors (Lipinski definition) is 1. The molecule has 4 heteroatoms. The molecule has 0 bridgehead atoms. The number of nitrogens with zero attached hydrogens (tertiary/aromatic N) is 1. The zero-order valence-corrected chi connectivity index (χ0v) is 13.1. The number of halogens is 1. The van der Waals surface area contributed by atoms with Crippen molar-refractivity contribution in [2.75, 3.05) is 13.1 Å². The van der Waals surface area contributed by atoms with Gasteiger partial charge in [0.05, 0.1) is 11.6 Å². The van der Waals surface area contributed by atoms with Gasteiger partial charge in [-0.25, -0.2) is 0 Å². The van der Waals surface area contributed by atoms with Crippen molar-refractivity contribution in [3.63, 3.8) is 0 Å². The smallest absolute Gasteiger partial charge is 0.254 e. The molecule has 1 atom stereocenters. The summed E-state index contributed by atoms with van der Waals surface area (Å²) in [6.45, 7) is 3.24. The molecule has 21 heavy (non-hydrogen) atoms. The predicted octanol–water partition coefficient (Wildman–Crippen LogP) is 3.05. The molecule has 0 aliphatic carbocycles. The first-order valence-electron chi connectivity index (χ1n) is 7.43. The van der Waals surface area contributed by atoms with Crippen LogP contribution in [0.5, 0.6) is 0 Å². The molecule has 112 valence electrons. The van der Waals surface area contributed by atoms with Crippen LogP contribution >= 0.6 is 11.6 Å². The van der Waals surface area contributed by atoms with Crippen molar-refractivity contribution in [3.8, 4) is 11.8 Å². The monoisotopic (exact) mass is 304 g/mol. The van der Waals surface area contributed by atoms with Crippen LogP contribution in [-0.2, 0) is 0 Å². The maximum Gasteiger partial charge on any atom is 0.254 e. The molecule has 2 rings (SSSR count). The van der Waals surface area contributed by atoms with Gasteiger partial charge in [-0.05, 0) is 38.0 Å². The second-order valence-electron chi connectivity index (χ2n) is 5.40. The lowest BCUT2D eigenvalue weighted by molar-refractivity contribution is 0.0698. The molecule has 1 fully saturated rings. The van der Waals surface area contributed by atoms with Crippen molar-refractivity contribution >= 4 is 17.5 Å². The van der Waals surface area contributed by atoms with Gasteiger partial charge in [-0.3, -0.25) is 4.79 Å². The number of carbonyl (C=O) groups is 1. The van der Waals surface area contributed by atoms with Crippen LogP contribution in [0.3, 0.4) is 0 Å². The van der Waals surface area contributed by atoms with Crippen LogP contribution in [-0.4, -0.2) is 29.9 Å². The lowest BCUT2D eigenvalue weighted by Gasteiger charge is -2.27. The molecule has 3 nitrogen and oxygen atoms in total. The number of nitrogens with two attached hydrogens (primary N) is 1. The third kappa shape index (κ3) is 4.00. The Morgan fingerprint density at radius 3 is 2.95 bits per heavy atom. The van der Waals surface area contributed by atoms with Crippen LogP contribution in [0.1, 0.15) is 48.5 Å². The van der Waals surface area contributed by atoms with E-state index in [4.69, 9.17) is 17.3 Å². The number of hydrogen-bond acceptors (Lipinski definition) is 2. The summed E-state index contributed by atoms with van der Waals surface area (Å²) in [6.07, 6.45) is 4.53. The van der Waals surface area contributed by atoms with E-state index >= 15 is 0 Å². The largest absolute Gasteiger partial charge is 0.336 e. The third-order valence-electron chi connectivity index (χ3n) is 3.85. The zero-order chi connectivity index (χ0) is 15.2. The summed E-state index contributed by atoms with van der Waals surface area (Å²) in [6, 6.07) is 5.59. The van der Waals surface area contributed by atoms with E-state index in [1.165, 1.54) is 12.8 Å². The first kappa shape index (κ1) is 15.9. The van der Waals surface area contributed by atoms with Gasteiger partial charge in [0.1, 0.15) is 0 Å². The number of rotatable bonds is 1. The molecule has 1 aliphatic rings. The highest BCUT2D eigenvalue weighted by Gasteiger charge is 2.23. The molecule has 1 aromatic rings. The van der Waals surface area contributed by atoms with Crippen LogP contribution in [0.4, 0.5) is 0 Å². The van der Waals surface area contributed by atoms with Crippen molar-refractivity contribution in [2.45, 2.75) is 38.6 Å². The Kier molecular flexibility index (Phi) is 5.67. The molecular weight excluding hydrogens is 284 g/mol. The number of carbonyl (C=O) groups excluding carboxylic acids is 1. The molecule has 1 saturated heterocycles. The van der Waals surface area contributed by atoms with Gasteiger partial charge in [0.2, 0.25) is 0 Å². The van der Waals surface area contributed by atoms with E-state index in [-0.39, 0.29) is 11.9 Å². The summed E-state index contributed by atoms with van der Waals surface area (Å²) in [5.74, 6) is 5.74. The Bertz CT molecular complexity index is 574. The minimum absolute atomic E-state index is 0.0598. The number of amides is 1. The summed E-state index contributed by atoms with van der Waals surface area (Å²) in [4.78, 5) is 14.6. The fourth-order valence-electron chi connectivity index (χ4n) is 2.64. The minimum atomic E-state index is 0.0598. The Hall–Kier alpha value is -1.50. The fraction of sp³-hybridized carbons (Fsp3) is 0.471. The third-order valence-corrected chi connectivity index (χ3v) is 4.17. The average molecular weight is 305 g/mol. The highest BCUT2D eigenvalue weighted by molar-refractivity contribution is 6.32. The second kappa shape index (κ2) is 7.49. The Morgan fingerprint density at radius 2 is 2.24 bits per heavy atom. The number of likely N-dealkylation sites (tertiary alicyclic amines) is 1. The summed E-state index contributed by atoms with van der Waals surface area (Å²) >= 11 is 6.20. The van der Waals surface area contributed by atoms with E-state index in [0.29, 0.717) is 22.7 Å². The Labute approximate surface area is 131 Å². The van der Waals surface area contributed by atoms with Crippen LogP contribution in [0.2, 0.25) is 5.02 Å². The van der Waals surface area contributed by atoms with Crippen molar-refractivity contribution in [3.05, 3.63) is 34.3 Å². The lowest BCUT2D eigenvalue weighted by atomic mass is 10.1. The highest BCUT2D eigenvalue weighted by Crippen LogP contribution is 2.22. The quantitative estimate of drug-likeness (QED) is 0.811. The van der Waals surface area contributed by atoms with Crippen LogP contribution in [0.15, 0.2) is 18.2 Å². The summed E-state index contributed by atoms with van der Waals surface area (Å²) in [7, 11) is 0. The van der Waals surface area contributed by atoms with Crippen molar-refractivity contribution in [1.82, 2.24) is 4.90 Å². The molecule has 1 aliphatic heterocycles. The van der Waals surface area contributed by atoms with E-state index in [0.717, 1.165) is 19.4 Å². The van der Waals surface area contributed by atoms with E-state index in [9.17, 15) is 4.79 Å². The van der Waals surface area contributed by atoms with Crippen LogP contribution < -0.4 is 5.73 Å². The van der Waals surface area contributed by atoms with E-state index in [2.05, 4.69) is 18.8 Å². The van der Waals surface area contributed by atoms with Crippen LogP contribution in [0, 0.1) is 11.8 Å².